The minimum absolute atomic E-state index is 0.0326. The summed E-state index contributed by atoms with van der Waals surface area (Å²) >= 11 is 6.47. The summed E-state index contributed by atoms with van der Waals surface area (Å²) in [6.45, 7) is 4.81. The van der Waals surface area contributed by atoms with Crippen molar-refractivity contribution in [3.63, 3.8) is 0 Å². The fraction of sp³-hybridized carbons (Fsp3) is 0.350. The average molecular weight is 328 g/mol. The zero-order chi connectivity index (χ0) is 16.4. The maximum atomic E-state index is 12.9. The van der Waals surface area contributed by atoms with Gasteiger partial charge in [-0.05, 0) is 35.6 Å². The Morgan fingerprint density at radius 1 is 1.17 bits per heavy atom. The van der Waals surface area contributed by atoms with E-state index in [1.807, 2.05) is 42.2 Å². The highest BCUT2D eigenvalue weighted by atomic mass is 35.5. The first-order chi connectivity index (χ1) is 11.1. The summed E-state index contributed by atoms with van der Waals surface area (Å²) in [6, 6.07) is 16.2. The predicted molar refractivity (Wildman–Crippen MR) is 94.6 cm³/mol. The molecule has 120 valence electrons. The van der Waals surface area contributed by atoms with Crippen molar-refractivity contribution in [1.82, 2.24) is 4.90 Å². The summed E-state index contributed by atoms with van der Waals surface area (Å²) < 4.78 is 0. The van der Waals surface area contributed by atoms with Crippen LogP contribution in [-0.2, 0) is 11.2 Å². The number of amides is 1. The second-order valence-corrected chi connectivity index (χ2v) is 6.62. The highest BCUT2D eigenvalue weighted by Crippen LogP contribution is 2.38. The molecule has 0 aliphatic carbocycles. The minimum atomic E-state index is -0.0878. The molecule has 1 aliphatic rings. The second kappa shape index (κ2) is 6.76. The molecule has 3 rings (SSSR count). The van der Waals surface area contributed by atoms with Crippen molar-refractivity contribution in [1.29, 1.82) is 0 Å². The van der Waals surface area contributed by atoms with Crippen LogP contribution in [0.3, 0.4) is 0 Å². The van der Waals surface area contributed by atoms with E-state index in [0.717, 1.165) is 30.0 Å². The van der Waals surface area contributed by atoms with Crippen LogP contribution in [0, 0.1) is 5.92 Å². The zero-order valence-electron chi connectivity index (χ0n) is 13.6. The fourth-order valence-corrected chi connectivity index (χ4v) is 3.53. The molecule has 23 heavy (non-hydrogen) atoms. The molecular weight excluding hydrogens is 306 g/mol. The van der Waals surface area contributed by atoms with Gasteiger partial charge in [0.2, 0.25) is 5.91 Å². The lowest BCUT2D eigenvalue weighted by molar-refractivity contribution is -0.137. The predicted octanol–water partition coefficient (Wildman–Crippen LogP) is 4.86. The largest absolute Gasteiger partial charge is 0.331 e. The molecule has 3 heteroatoms. The molecule has 1 aliphatic heterocycles. The number of carbonyl (C=O) groups excluding carboxylic acids is 1. The summed E-state index contributed by atoms with van der Waals surface area (Å²) in [6.07, 6.45) is 1.76. The van der Waals surface area contributed by atoms with E-state index in [1.165, 1.54) is 11.1 Å². The number of hydrogen-bond donors (Lipinski definition) is 0. The Morgan fingerprint density at radius 3 is 2.52 bits per heavy atom. The van der Waals surface area contributed by atoms with Gasteiger partial charge in [-0.25, -0.2) is 0 Å². The van der Waals surface area contributed by atoms with Gasteiger partial charge in [-0.2, -0.15) is 0 Å². The van der Waals surface area contributed by atoms with E-state index in [1.54, 1.807) is 0 Å². The summed E-state index contributed by atoms with van der Waals surface area (Å²) in [5.41, 5.74) is 3.52. The lowest BCUT2D eigenvalue weighted by atomic mass is 9.87. The molecule has 0 saturated heterocycles. The van der Waals surface area contributed by atoms with Gasteiger partial charge in [0, 0.05) is 17.5 Å². The Labute approximate surface area is 143 Å². The van der Waals surface area contributed by atoms with E-state index < -0.39 is 0 Å². The Hall–Kier alpha value is -1.80. The van der Waals surface area contributed by atoms with Crippen molar-refractivity contribution in [2.75, 3.05) is 6.54 Å². The van der Waals surface area contributed by atoms with Crippen LogP contribution in [0.1, 0.15) is 43.0 Å². The number of nitrogens with zero attached hydrogens (tertiary/aromatic N) is 1. The smallest absolute Gasteiger partial charge is 0.226 e. The topological polar surface area (TPSA) is 20.3 Å². The molecule has 2 nitrogen and oxygen atoms in total. The van der Waals surface area contributed by atoms with Crippen LogP contribution >= 0.6 is 11.6 Å². The van der Waals surface area contributed by atoms with Crippen molar-refractivity contribution in [3.8, 4) is 0 Å². The lowest BCUT2D eigenvalue weighted by Gasteiger charge is -2.39. The van der Waals surface area contributed by atoms with Crippen molar-refractivity contribution >= 4 is 17.5 Å². The molecule has 0 N–H and O–H groups in total. The summed E-state index contributed by atoms with van der Waals surface area (Å²) in [4.78, 5) is 14.9. The molecule has 0 aromatic heterocycles. The summed E-state index contributed by atoms with van der Waals surface area (Å²) in [5.74, 6) is 0.247. The van der Waals surface area contributed by atoms with Gasteiger partial charge in [0.25, 0.3) is 0 Å². The average Bonchev–Trinajstić information content (AvgIpc) is 2.60. The highest BCUT2D eigenvalue weighted by molar-refractivity contribution is 6.31. The summed E-state index contributed by atoms with van der Waals surface area (Å²) in [5, 5.41) is 0.719. The Kier molecular flexibility index (Phi) is 4.72. The molecule has 0 unspecified atom stereocenters. The second-order valence-electron chi connectivity index (χ2n) is 6.21. The monoisotopic (exact) mass is 327 g/mol. The van der Waals surface area contributed by atoms with Crippen LogP contribution in [0.2, 0.25) is 5.02 Å². The first-order valence-corrected chi connectivity index (χ1v) is 8.64. The molecule has 0 radical (unpaired) electrons. The van der Waals surface area contributed by atoms with E-state index in [9.17, 15) is 4.79 Å². The Bertz CT molecular complexity index is 712. The van der Waals surface area contributed by atoms with E-state index in [0.29, 0.717) is 0 Å². The lowest BCUT2D eigenvalue weighted by Crippen LogP contribution is -2.43. The van der Waals surface area contributed by atoms with Crippen molar-refractivity contribution in [2.24, 2.45) is 5.92 Å². The molecule has 2 aromatic carbocycles. The maximum Gasteiger partial charge on any atom is 0.226 e. The van der Waals surface area contributed by atoms with Gasteiger partial charge in [-0.15, -0.1) is 0 Å². The van der Waals surface area contributed by atoms with Crippen LogP contribution in [0.5, 0.6) is 0 Å². The number of fused-ring (bicyclic) bond motifs is 1. The van der Waals surface area contributed by atoms with Gasteiger partial charge >= 0.3 is 0 Å². The molecule has 1 heterocycles. The maximum absolute atomic E-state index is 12.9. The van der Waals surface area contributed by atoms with E-state index in [2.05, 4.69) is 25.1 Å². The quantitative estimate of drug-likeness (QED) is 0.788. The SMILES string of the molecule is CC[C@@H](C)C(=O)N1CCc2ccccc2[C@H]1c1ccccc1Cl. The van der Waals surface area contributed by atoms with E-state index in [-0.39, 0.29) is 17.9 Å². The van der Waals surface area contributed by atoms with Gasteiger partial charge in [-0.1, -0.05) is 67.9 Å². The van der Waals surface area contributed by atoms with Gasteiger partial charge in [-0.3, -0.25) is 4.79 Å². The van der Waals surface area contributed by atoms with E-state index >= 15 is 0 Å². The number of carbonyl (C=O) groups is 1. The standard InChI is InChI=1S/C20H22ClNO/c1-3-14(2)20(23)22-13-12-15-8-4-5-9-16(15)19(22)17-10-6-7-11-18(17)21/h4-11,14,19H,3,12-13H2,1-2H3/t14-,19+/m1/s1. The third-order valence-electron chi connectivity index (χ3n) is 4.80. The number of benzene rings is 2. The molecule has 0 fully saturated rings. The number of halogens is 1. The first kappa shape index (κ1) is 16.1. The van der Waals surface area contributed by atoms with Crippen LogP contribution < -0.4 is 0 Å². The molecule has 1 amide bonds. The van der Waals surface area contributed by atoms with Crippen LogP contribution in [0.4, 0.5) is 0 Å². The number of rotatable bonds is 3. The normalized spacial score (nSPS) is 18.4. The highest BCUT2D eigenvalue weighted by Gasteiger charge is 2.34. The molecule has 2 atom stereocenters. The first-order valence-electron chi connectivity index (χ1n) is 8.26. The Morgan fingerprint density at radius 2 is 1.83 bits per heavy atom. The van der Waals surface area contributed by atoms with Crippen LogP contribution in [0.25, 0.3) is 0 Å². The van der Waals surface area contributed by atoms with Crippen molar-refractivity contribution < 1.29 is 4.79 Å². The summed E-state index contributed by atoms with van der Waals surface area (Å²) in [7, 11) is 0. The number of hydrogen-bond acceptors (Lipinski definition) is 1. The van der Waals surface area contributed by atoms with Crippen LogP contribution in [-0.4, -0.2) is 17.4 Å². The van der Waals surface area contributed by atoms with Crippen molar-refractivity contribution in [2.45, 2.75) is 32.7 Å². The molecule has 0 saturated carbocycles. The third-order valence-corrected chi connectivity index (χ3v) is 5.14. The molecule has 2 aromatic rings. The van der Waals surface area contributed by atoms with Gasteiger partial charge in [0.1, 0.15) is 0 Å². The Balaban J connectivity index is 2.11. The zero-order valence-corrected chi connectivity index (χ0v) is 14.4. The third kappa shape index (κ3) is 3.00. The minimum Gasteiger partial charge on any atom is -0.331 e. The van der Waals surface area contributed by atoms with Gasteiger partial charge in [0.15, 0.2) is 0 Å². The fourth-order valence-electron chi connectivity index (χ4n) is 3.29. The van der Waals surface area contributed by atoms with Gasteiger partial charge in [0.05, 0.1) is 6.04 Å². The molecule has 0 bridgehead atoms. The van der Waals surface area contributed by atoms with Crippen molar-refractivity contribution in [3.05, 3.63) is 70.2 Å². The van der Waals surface area contributed by atoms with E-state index in [4.69, 9.17) is 11.6 Å². The van der Waals surface area contributed by atoms with Gasteiger partial charge < -0.3 is 4.90 Å². The molecular formula is C20H22ClNO. The van der Waals surface area contributed by atoms with Crippen LogP contribution in [0.15, 0.2) is 48.5 Å². The molecule has 0 spiro atoms.